The molecular formula is C21H23F3N6O. The number of alkyl halides is 3. The van der Waals surface area contributed by atoms with Crippen molar-refractivity contribution < 1.29 is 18.3 Å². The molecule has 0 bridgehead atoms. The van der Waals surface area contributed by atoms with Crippen molar-refractivity contribution in [3.63, 3.8) is 0 Å². The number of hydrogen-bond acceptors (Lipinski definition) is 6. The van der Waals surface area contributed by atoms with E-state index in [1.807, 2.05) is 0 Å². The number of nitrogens with zero attached hydrogens (tertiary/aromatic N) is 5. The number of piperidine rings is 1. The van der Waals surface area contributed by atoms with Gasteiger partial charge in [0.25, 0.3) is 0 Å². The zero-order valence-corrected chi connectivity index (χ0v) is 16.8. The van der Waals surface area contributed by atoms with Gasteiger partial charge in [0.05, 0.1) is 11.1 Å². The molecule has 1 aliphatic carbocycles. The van der Waals surface area contributed by atoms with Gasteiger partial charge in [-0.2, -0.15) is 13.2 Å². The second-order valence-corrected chi connectivity index (χ2v) is 8.29. The van der Waals surface area contributed by atoms with Gasteiger partial charge in [0.15, 0.2) is 17.3 Å². The van der Waals surface area contributed by atoms with Crippen LogP contribution in [0.3, 0.4) is 0 Å². The Balaban J connectivity index is 1.42. The van der Waals surface area contributed by atoms with Gasteiger partial charge in [0.2, 0.25) is 0 Å². The summed E-state index contributed by atoms with van der Waals surface area (Å²) >= 11 is 0. The highest BCUT2D eigenvalue weighted by molar-refractivity contribution is 5.71. The molecule has 2 N–H and O–H groups in total. The lowest BCUT2D eigenvalue weighted by molar-refractivity contribution is -0.137. The molecular weight excluding hydrogens is 409 g/mol. The quantitative estimate of drug-likeness (QED) is 0.650. The van der Waals surface area contributed by atoms with Crippen molar-refractivity contribution in [3.8, 4) is 17.1 Å². The molecule has 0 radical (unpaired) electrons. The summed E-state index contributed by atoms with van der Waals surface area (Å²) in [5.74, 6) is 0.243. The number of fused-ring (bicyclic) bond motifs is 1. The average molecular weight is 432 g/mol. The maximum absolute atomic E-state index is 12.9. The van der Waals surface area contributed by atoms with E-state index < -0.39 is 17.5 Å². The Morgan fingerprint density at radius 2 is 1.94 bits per heavy atom. The van der Waals surface area contributed by atoms with Crippen molar-refractivity contribution in [2.45, 2.75) is 50.4 Å². The Hall–Kier alpha value is -2.88. The summed E-state index contributed by atoms with van der Waals surface area (Å²) in [6.07, 6.45) is 4.68. The molecule has 1 atom stereocenters. The van der Waals surface area contributed by atoms with E-state index in [0.717, 1.165) is 32.0 Å². The first kappa shape index (κ1) is 20.0. The number of aromatic nitrogens is 4. The molecule has 3 aromatic rings. The summed E-state index contributed by atoms with van der Waals surface area (Å²) in [6.45, 7) is 2.07. The van der Waals surface area contributed by atoms with Crippen LogP contribution in [-0.4, -0.2) is 54.8 Å². The zero-order chi connectivity index (χ0) is 21.6. The molecule has 5 rings (SSSR count). The van der Waals surface area contributed by atoms with Gasteiger partial charge < -0.3 is 10.4 Å². The van der Waals surface area contributed by atoms with Crippen molar-refractivity contribution in [2.24, 2.45) is 0 Å². The van der Waals surface area contributed by atoms with E-state index in [-0.39, 0.29) is 17.4 Å². The minimum atomic E-state index is -4.53. The van der Waals surface area contributed by atoms with E-state index in [4.69, 9.17) is 0 Å². The highest BCUT2D eigenvalue weighted by atomic mass is 19.4. The number of benzene rings is 1. The minimum Gasteiger partial charge on any atom is -0.507 e. The lowest BCUT2D eigenvalue weighted by atomic mass is 9.89. The van der Waals surface area contributed by atoms with Crippen LogP contribution < -0.4 is 5.32 Å². The van der Waals surface area contributed by atoms with Crippen LogP contribution in [0.4, 0.5) is 19.0 Å². The number of halogens is 3. The van der Waals surface area contributed by atoms with Crippen molar-refractivity contribution in [3.05, 3.63) is 36.2 Å². The highest BCUT2D eigenvalue weighted by Crippen LogP contribution is 2.36. The molecule has 3 heterocycles. The minimum absolute atomic E-state index is 0.156. The van der Waals surface area contributed by atoms with E-state index in [2.05, 4.69) is 25.4 Å². The molecule has 1 saturated heterocycles. The standard InChI is InChI=1S/C21H23F3N6O/c22-21(23,24)13-6-7-16(17(31)11-13)19-28-27-18(20-25-8-10-30(19)20)26-14-3-2-9-29(12-14)15-4-1-5-15/h6-8,10-11,14-15,31H,1-5,9,12H2,(H,26,27). The Morgan fingerprint density at radius 3 is 2.65 bits per heavy atom. The lowest BCUT2D eigenvalue weighted by Gasteiger charge is -2.42. The Labute approximate surface area is 176 Å². The number of anilines is 1. The van der Waals surface area contributed by atoms with E-state index in [0.29, 0.717) is 23.6 Å². The lowest BCUT2D eigenvalue weighted by Crippen LogP contribution is -2.49. The van der Waals surface area contributed by atoms with Crippen molar-refractivity contribution in [1.82, 2.24) is 24.5 Å². The highest BCUT2D eigenvalue weighted by Gasteiger charge is 2.32. The molecule has 0 spiro atoms. The van der Waals surface area contributed by atoms with Gasteiger partial charge in [-0.1, -0.05) is 6.42 Å². The summed E-state index contributed by atoms with van der Waals surface area (Å²) in [5.41, 5.74) is -0.246. The van der Waals surface area contributed by atoms with Gasteiger partial charge in [-0.25, -0.2) is 4.98 Å². The Kier molecular flexibility index (Phi) is 4.96. The second kappa shape index (κ2) is 7.67. The SMILES string of the molecule is Oc1cc(C(F)(F)F)ccc1-c1nnc(NC2CCCN(C3CCC3)C2)c2nccn12. The summed E-state index contributed by atoms with van der Waals surface area (Å²) in [7, 11) is 0. The normalized spacial score (nSPS) is 20.7. The van der Waals surface area contributed by atoms with Crippen LogP contribution in [0, 0.1) is 0 Å². The van der Waals surface area contributed by atoms with E-state index in [1.54, 1.807) is 16.8 Å². The second-order valence-electron chi connectivity index (χ2n) is 8.29. The van der Waals surface area contributed by atoms with Gasteiger partial charge >= 0.3 is 6.18 Å². The predicted molar refractivity (Wildman–Crippen MR) is 109 cm³/mol. The monoisotopic (exact) mass is 432 g/mol. The molecule has 1 aliphatic heterocycles. The third kappa shape index (κ3) is 3.80. The average Bonchev–Trinajstić information content (AvgIpc) is 3.17. The van der Waals surface area contributed by atoms with Gasteiger partial charge in [-0.3, -0.25) is 9.30 Å². The van der Waals surface area contributed by atoms with Crippen LogP contribution in [0.25, 0.3) is 17.0 Å². The molecule has 2 aliphatic rings. The zero-order valence-electron chi connectivity index (χ0n) is 16.8. The Bertz CT molecular complexity index is 1090. The number of phenolic OH excluding ortho intramolecular Hbond substituents is 1. The molecule has 10 heteroatoms. The van der Waals surface area contributed by atoms with Gasteiger partial charge in [0.1, 0.15) is 5.75 Å². The van der Waals surface area contributed by atoms with Crippen LogP contribution in [0.1, 0.15) is 37.7 Å². The molecule has 31 heavy (non-hydrogen) atoms. The van der Waals surface area contributed by atoms with E-state index >= 15 is 0 Å². The van der Waals surface area contributed by atoms with Crippen molar-refractivity contribution >= 4 is 11.5 Å². The van der Waals surface area contributed by atoms with Crippen LogP contribution in [-0.2, 0) is 6.18 Å². The summed E-state index contributed by atoms with van der Waals surface area (Å²) in [5, 5.41) is 22.2. The molecule has 2 aromatic heterocycles. The summed E-state index contributed by atoms with van der Waals surface area (Å²) in [4.78, 5) is 6.90. The van der Waals surface area contributed by atoms with Crippen LogP contribution in [0.2, 0.25) is 0 Å². The van der Waals surface area contributed by atoms with Gasteiger partial charge in [-0.15, -0.1) is 10.2 Å². The van der Waals surface area contributed by atoms with E-state index in [9.17, 15) is 18.3 Å². The molecule has 1 aromatic carbocycles. The number of nitrogens with one attached hydrogen (secondary N) is 1. The van der Waals surface area contributed by atoms with Crippen LogP contribution >= 0.6 is 0 Å². The first-order valence-electron chi connectivity index (χ1n) is 10.5. The third-order valence-electron chi connectivity index (χ3n) is 6.28. The topological polar surface area (TPSA) is 78.6 Å². The number of phenols is 1. The van der Waals surface area contributed by atoms with Gasteiger partial charge in [0, 0.05) is 31.0 Å². The molecule has 1 unspecified atom stereocenters. The number of rotatable bonds is 4. The number of hydrogen-bond donors (Lipinski definition) is 2. The van der Waals surface area contributed by atoms with Crippen molar-refractivity contribution in [1.29, 1.82) is 0 Å². The number of aromatic hydroxyl groups is 1. The summed E-state index contributed by atoms with van der Waals surface area (Å²) in [6, 6.07) is 3.74. The molecule has 1 saturated carbocycles. The van der Waals surface area contributed by atoms with Gasteiger partial charge in [-0.05, 0) is 50.4 Å². The molecule has 164 valence electrons. The summed E-state index contributed by atoms with van der Waals surface area (Å²) < 4.78 is 40.4. The largest absolute Gasteiger partial charge is 0.507 e. The fourth-order valence-electron chi connectivity index (χ4n) is 4.42. The number of imidazole rings is 1. The van der Waals surface area contributed by atoms with Crippen LogP contribution in [0.5, 0.6) is 5.75 Å². The fourth-order valence-corrected chi connectivity index (χ4v) is 4.42. The van der Waals surface area contributed by atoms with E-state index in [1.165, 1.54) is 25.3 Å². The predicted octanol–water partition coefficient (Wildman–Crippen LogP) is 3.94. The van der Waals surface area contributed by atoms with Crippen molar-refractivity contribution in [2.75, 3.05) is 18.4 Å². The third-order valence-corrected chi connectivity index (χ3v) is 6.28. The molecule has 0 amide bonds. The van der Waals surface area contributed by atoms with Crippen LogP contribution in [0.15, 0.2) is 30.6 Å². The Morgan fingerprint density at radius 1 is 1.10 bits per heavy atom. The smallest absolute Gasteiger partial charge is 0.416 e. The fraction of sp³-hybridized carbons (Fsp3) is 0.476. The maximum Gasteiger partial charge on any atom is 0.416 e. The maximum atomic E-state index is 12.9. The first-order valence-corrected chi connectivity index (χ1v) is 10.5. The molecule has 2 fully saturated rings. The molecule has 7 nitrogen and oxygen atoms in total. The first-order chi connectivity index (χ1) is 14.9. The number of likely N-dealkylation sites (tertiary alicyclic amines) is 1.